The molecule has 0 spiro atoms. The molecular weight excluding hydrogens is 368 g/mol. The van der Waals surface area contributed by atoms with E-state index in [4.69, 9.17) is 4.74 Å². The first-order valence-electron chi connectivity index (χ1n) is 9.00. The molecule has 7 nitrogen and oxygen atoms in total. The van der Waals surface area contributed by atoms with Gasteiger partial charge in [0.2, 0.25) is 0 Å². The number of rotatable bonds is 9. The van der Waals surface area contributed by atoms with E-state index in [1.165, 1.54) is 6.08 Å². The third kappa shape index (κ3) is 7.05. The van der Waals surface area contributed by atoms with Gasteiger partial charge in [0.15, 0.2) is 0 Å². The molecule has 0 radical (unpaired) electrons. The standard InChI is InChI=1S/C19H28N2O5S/c1-5-14(4)17(18(22)26-7-3)20-19(23)21-27(24,25)16(6-2)13-15-11-9-8-10-12-15/h8-14,17H,5-7H2,1-4H3,(H2,20,21,23)/b16-13+. The van der Waals surface area contributed by atoms with Crippen molar-refractivity contribution in [2.75, 3.05) is 6.61 Å². The Hall–Kier alpha value is -2.35. The Balaban J connectivity index is 2.94. The van der Waals surface area contributed by atoms with Crippen molar-refractivity contribution >= 4 is 28.1 Å². The second kappa shape index (κ2) is 10.7. The van der Waals surface area contributed by atoms with Crippen molar-refractivity contribution in [1.82, 2.24) is 10.0 Å². The van der Waals surface area contributed by atoms with Crippen molar-refractivity contribution in [2.24, 2.45) is 5.92 Å². The Morgan fingerprint density at radius 3 is 2.30 bits per heavy atom. The number of benzene rings is 1. The molecule has 0 aliphatic carbocycles. The van der Waals surface area contributed by atoms with Gasteiger partial charge in [-0.05, 0) is 30.9 Å². The summed E-state index contributed by atoms with van der Waals surface area (Å²) in [5.41, 5.74) is 0.712. The van der Waals surface area contributed by atoms with Crippen molar-refractivity contribution in [3.8, 4) is 0 Å². The van der Waals surface area contributed by atoms with Gasteiger partial charge in [0.25, 0.3) is 10.0 Å². The van der Waals surface area contributed by atoms with E-state index in [1.54, 1.807) is 45.0 Å². The van der Waals surface area contributed by atoms with Crippen LogP contribution in [0.15, 0.2) is 35.2 Å². The fourth-order valence-electron chi connectivity index (χ4n) is 2.36. The number of esters is 1. The molecular formula is C19H28N2O5S. The van der Waals surface area contributed by atoms with Gasteiger partial charge in [0, 0.05) is 0 Å². The van der Waals surface area contributed by atoms with Crippen LogP contribution in [-0.4, -0.2) is 33.1 Å². The summed E-state index contributed by atoms with van der Waals surface area (Å²) < 4.78 is 32.0. The molecule has 2 N–H and O–H groups in total. The molecule has 0 aliphatic rings. The highest BCUT2D eigenvalue weighted by atomic mass is 32.2. The Morgan fingerprint density at radius 2 is 1.78 bits per heavy atom. The molecule has 0 saturated carbocycles. The number of sulfonamides is 1. The van der Waals surface area contributed by atoms with Crippen LogP contribution in [0.25, 0.3) is 6.08 Å². The summed E-state index contributed by atoms with van der Waals surface area (Å²) in [5, 5.41) is 2.42. The molecule has 0 aliphatic heterocycles. The van der Waals surface area contributed by atoms with E-state index < -0.39 is 28.1 Å². The number of hydrogen-bond donors (Lipinski definition) is 2. The molecule has 150 valence electrons. The average Bonchev–Trinajstić information content (AvgIpc) is 2.64. The van der Waals surface area contributed by atoms with E-state index in [0.717, 1.165) is 0 Å². The third-order valence-electron chi connectivity index (χ3n) is 4.09. The quantitative estimate of drug-likeness (QED) is 0.625. The van der Waals surface area contributed by atoms with Crippen molar-refractivity contribution in [3.05, 3.63) is 40.8 Å². The van der Waals surface area contributed by atoms with Gasteiger partial charge in [-0.1, -0.05) is 57.5 Å². The van der Waals surface area contributed by atoms with Crippen molar-refractivity contribution in [3.63, 3.8) is 0 Å². The molecule has 0 aromatic heterocycles. The average molecular weight is 397 g/mol. The van der Waals surface area contributed by atoms with Crippen LogP contribution in [0.1, 0.15) is 46.1 Å². The smallest absolute Gasteiger partial charge is 0.329 e. The zero-order valence-corrected chi connectivity index (χ0v) is 17.0. The summed E-state index contributed by atoms with van der Waals surface area (Å²) >= 11 is 0. The second-order valence-electron chi connectivity index (χ2n) is 6.07. The molecule has 2 amide bonds. The minimum atomic E-state index is -4.04. The van der Waals surface area contributed by atoms with Crippen LogP contribution in [0.3, 0.4) is 0 Å². The van der Waals surface area contributed by atoms with E-state index in [1.807, 2.05) is 17.7 Å². The van der Waals surface area contributed by atoms with Crippen LogP contribution in [-0.2, 0) is 19.6 Å². The fourth-order valence-corrected chi connectivity index (χ4v) is 3.47. The lowest BCUT2D eigenvalue weighted by Gasteiger charge is -2.22. The third-order valence-corrected chi connectivity index (χ3v) is 5.64. The number of ether oxygens (including phenoxy) is 1. The Morgan fingerprint density at radius 1 is 1.15 bits per heavy atom. The molecule has 1 aromatic rings. The molecule has 1 rings (SSSR count). The van der Waals surface area contributed by atoms with Gasteiger partial charge < -0.3 is 10.1 Å². The van der Waals surface area contributed by atoms with Gasteiger partial charge in [-0.15, -0.1) is 0 Å². The highest BCUT2D eigenvalue weighted by molar-refractivity contribution is 7.94. The van der Waals surface area contributed by atoms with Crippen LogP contribution >= 0.6 is 0 Å². The van der Waals surface area contributed by atoms with E-state index >= 15 is 0 Å². The van der Waals surface area contributed by atoms with Crippen LogP contribution in [0, 0.1) is 5.92 Å². The minimum absolute atomic E-state index is 0.0695. The van der Waals surface area contributed by atoms with Crippen LogP contribution in [0.2, 0.25) is 0 Å². The van der Waals surface area contributed by atoms with E-state index in [2.05, 4.69) is 5.32 Å². The van der Waals surface area contributed by atoms with Crippen LogP contribution in [0.5, 0.6) is 0 Å². The molecule has 2 atom stereocenters. The van der Waals surface area contributed by atoms with Gasteiger partial charge in [-0.2, -0.15) is 0 Å². The Labute approximate surface area is 161 Å². The predicted molar refractivity (Wildman–Crippen MR) is 105 cm³/mol. The highest BCUT2D eigenvalue weighted by Gasteiger charge is 2.29. The van der Waals surface area contributed by atoms with Gasteiger partial charge in [-0.3, -0.25) is 0 Å². The lowest BCUT2D eigenvalue weighted by Crippen LogP contribution is -2.51. The molecule has 2 unspecified atom stereocenters. The number of urea groups is 1. The minimum Gasteiger partial charge on any atom is -0.464 e. The number of allylic oxidation sites excluding steroid dienone is 1. The summed E-state index contributed by atoms with van der Waals surface area (Å²) in [6, 6.07) is 7.07. The van der Waals surface area contributed by atoms with Gasteiger partial charge in [0.05, 0.1) is 11.5 Å². The second-order valence-corrected chi connectivity index (χ2v) is 7.80. The normalized spacial score (nSPS) is 14.1. The Kier molecular flexibility index (Phi) is 9.00. The molecule has 8 heteroatoms. The van der Waals surface area contributed by atoms with E-state index in [-0.39, 0.29) is 23.9 Å². The summed E-state index contributed by atoms with van der Waals surface area (Å²) in [6.07, 6.45) is 2.34. The van der Waals surface area contributed by atoms with Crippen molar-refractivity contribution in [1.29, 1.82) is 0 Å². The summed E-state index contributed by atoms with van der Waals surface area (Å²) in [4.78, 5) is 24.4. The number of amides is 2. The summed E-state index contributed by atoms with van der Waals surface area (Å²) in [7, 11) is -4.04. The van der Waals surface area contributed by atoms with Gasteiger partial charge in [0.1, 0.15) is 6.04 Å². The monoisotopic (exact) mass is 396 g/mol. The van der Waals surface area contributed by atoms with Crippen LogP contribution in [0.4, 0.5) is 4.79 Å². The lowest BCUT2D eigenvalue weighted by molar-refractivity contribution is -0.146. The fraction of sp³-hybridized carbons (Fsp3) is 0.474. The first-order chi connectivity index (χ1) is 12.7. The summed E-state index contributed by atoms with van der Waals surface area (Å²) in [6.45, 7) is 7.17. The largest absolute Gasteiger partial charge is 0.464 e. The Bertz CT molecular complexity index is 760. The van der Waals surface area contributed by atoms with E-state index in [0.29, 0.717) is 12.0 Å². The first-order valence-corrected chi connectivity index (χ1v) is 10.5. The zero-order chi connectivity index (χ0) is 20.4. The maximum absolute atomic E-state index is 12.5. The zero-order valence-electron chi connectivity index (χ0n) is 16.2. The molecule has 27 heavy (non-hydrogen) atoms. The lowest BCUT2D eigenvalue weighted by atomic mass is 9.99. The number of hydrogen-bond acceptors (Lipinski definition) is 5. The van der Waals surface area contributed by atoms with Crippen LogP contribution < -0.4 is 10.0 Å². The van der Waals surface area contributed by atoms with Gasteiger partial charge >= 0.3 is 12.0 Å². The summed E-state index contributed by atoms with van der Waals surface area (Å²) in [5.74, 6) is -0.794. The van der Waals surface area contributed by atoms with Gasteiger partial charge in [-0.25, -0.2) is 22.7 Å². The molecule has 0 heterocycles. The maximum atomic E-state index is 12.5. The molecule has 1 aromatic carbocycles. The number of carbonyl (C=O) groups excluding carboxylic acids is 2. The van der Waals surface area contributed by atoms with Crippen molar-refractivity contribution < 1.29 is 22.7 Å². The number of nitrogens with one attached hydrogen (secondary N) is 2. The molecule has 0 fully saturated rings. The van der Waals surface area contributed by atoms with Crippen molar-refractivity contribution in [2.45, 2.75) is 46.6 Å². The SMILES string of the molecule is CCOC(=O)C(NC(=O)NS(=O)(=O)/C(=C/c1ccccc1)CC)C(C)CC. The first kappa shape index (κ1) is 22.7. The molecule has 0 saturated heterocycles. The highest BCUT2D eigenvalue weighted by Crippen LogP contribution is 2.15. The number of carbonyl (C=O) groups is 2. The predicted octanol–water partition coefficient (Wildman–Crippen LogP) is 3.04. The van der Waals surface area contributed by atoms with E-state index in [9.17, 15) is 18.0 Å². The molecule has 0 bridgehead atoms. The maximum Gasteiger partial charge on any atom is 0.329 e. The topological polar surface area (TPSA) is 102 Å².